The second-order valence-corrected chi connectivity index (χ2v) is 3.25. The van der Waals surface area contributed by atoms with Gasteiger partial charge in [-0.3, -0.25) is 0 Å². The Labute approximate surface area is 92.7 Å². The van der Waals surface area contributed by atoms with Crippen LogP contribution in [0.5, 0.6) is 0 Å². The van der Waals surface area contributed by atoms with Gasteiger partial charge in [-0.05, 0) is 20.3 Å². The van der Waals surface area contributed by atoms with Crippen molar-refractivity contribution in [1.29, 1.82) is 0 Å². The maximum atomic E-state index is 12.4. The topological polar surface area (TPSA) is 38.3 Å². The number of alkyl halides is 3. The molecule has 0 aromatic heterocycles. The predicted molar refractivity (Wildman–Crippen MR) is 53.7 cm³/mol. The van der Waals surface area contributed by atoms with Gasteiger partial charge in [0.15, 0.2) is 5.57 Å². The highest BCUT2D eigenvalue weighted by Crippen LogP contribution is 2.26. The van der Waals surface area contributed by atoms with Crippen LogP contribution in [0.15, 0.2) is 11.8 Å². The summed E-state index contributed by atoms with van der Waals surface area (Å²) in [4.78, 5) is 11.0. The summed E-state index contributed by atoms with van der Waals surface area (Å²) in [5.74, 6) is -1.36. The highest BCUT2D eigenvalue weighted by molar-refractivity contribution is 5.89. The van der Waals surface area contributed by atoms with Gasteiger partial charge in [0.2, 0.25) is 0 Å². The van der Waals surface area contributed by atoms with Crippen LogP contribution in [0, 0.1) is 0 Å². The Morgan fingerprint density at radius 1 is 1.44 bits per heavy atom. The van der Waals surface area contributed by atoms with Crippen LogP contribution in [0.2, 0.25) is 0 Å². The first-order valence-electron chi connectivity index (χ1n) is 5.03. The fraction of sp³-hybridized carbons (Fsp3) is 0.700. The Hall–Kier alpha value is -1.20. The minimum atomic E-state index is -4.70. The van der Waals surface area contributed by atoms with Crippen LogP contribution >= 0.6 is 0 Å². The molecule has 3 nitrogen and oxygen atoms in total. The number of carbonyl (C=O) groups is 1. The molecule has 6 heteroatoms. The van der Waals surface area contributed by atoms with Crippen LogP contribution in [-0.4, -0.2) is 24.8 Å². The van der Waals surface area contributed by atoms with Crippen molar-refractivity contribution in [1.82, 2.24) is 5.32 Å². The van der Waals surface area contributed by atoms with Crippen molar-refractivity contribution in [2.45, 2.75) is 39.4 Å². The maximum Gasteiger partial charge on any atom is 0.424 e. The molecule has 0 aliphatic heterocycles. The molecular formula is C10H16F3NO2. The van der Waals surface area contributed by atoms with Gasteiger partial charge in [-0.1, -0.05) is 6.92 Å². The molecule has 16 heavy (non-hydrogen) atoms. The van der Waals surface area contributed by atoms with Gasteiger partial charge in [-0.2, -0.15) is 13.2 Å². The minimum Gasteiger partial charge on any atom is -0.462 e. The van der Waals surface area contributed by atoms with Gasteiger partial charge < -0.3 is 10.1 Å². The minimum absolute atomic E-state index is 0.0877. The molecule has 0 fully saturated rings. The number of halogens is 3. The normalized spacial score (nSPS) is 14.5. The second-order valence-electron chi connectivity index (χ2n) is 3.25. The average Bonchev–Trinajstić information content (AvgIpc) is 2.16. The number of ether oxygens (including phenoxy) is 1. The monoisotopic (exact) mass is 239 g/mol. The first-order chi connectivity index (χ1) is 7.32. The van der Waals surface area contributed by atoms with Crippen molar-refractivity contribution in [2.75, 3.05) is 6.61 Å². The molecule has 0 saturated heterocycles. The van der Waals surface area contributed by atoms with Crippen molar-refractivity contribution < 1.29 is 22.7 Å². The summed E-state index contributed by atoms with van der Waals surface area (Å²) in [5.41, 5.74) is -1.31. The zero-order valence-corrected chi connectivity index (χ0v) is 9.52. The molecule has 0 aromatic carbocycles. The van der Waals surface area contributed by atoms with Gasteiger partial charge in [0.1, 0.15) is 0 Å². The summed E-state index contributed by atoms with van der Waals surface area (Å²) < 4.78 is 41.6. The third kappa shape index (κ3) is 5.04. The molecule has 1 atom stereocenters. The molecule has 1 N–H and O–H groups in total. The highest BCUT2D eigenvalue weighted by atomic mass is 19.4. The van der Waals surface area contributed by atoms with Gasteiger partial charge >= 0.3 is 12.1 Å². The lowest BCUT2D eigenvalue weighted by molar-refractivity contribution is -0.150. The van der Waals surface area contributed by atoms with Crippen molar-refractivity contribution in [2.24, 2.45) is 0 Å². The molecule has 0 amide bonds. The molecule has 0 radical (unpaired) electrons. The molecule has 1 unspecified atom stereocenters. The summed E-state index contributed by atoms with van der Waals surface area (Å²) in [6.45, 7) is 4.91. The highest BCUT2D eigenvalue weighted by Gasteiger charge is 2.39. The molecule has 0 aromatic rings. The van der Waals surface area contributed by atoms with Crippen LogP contribution in [-0.2, 0) is 9.53 Å². The second kappa shape index (κ2) is 6.40. The smallest absolute Gasteiger partial charge is 0.424 e. The van der Waals surface area contributed by atoms with E-state index in [1.807, 2.05) is 6.92 Å². The first kappa shape index (κ1) is 14.8. The molecule has 0 spiro atoms. The fourth-order valence-corrected chi connectivity index (χ4v) is 0.809. The van der Waals surface area contributed by atoms with E-state index in [0.29, 0.717) is 12.6 Å². The van der Waals surface area contributed by atoms with E-state index in [-0.39, 0.29) is 12.6 Å². The number of esters is 1. The van der Waals surface area contributed by atoms with Crippen LogP contribution in [0.4, 0.5) is 13.2 Å². The first-order valence-corrected chi connectivity index (χ1v) is 5.03. The van der Waals surface area contributed by atoms with E-state index < -0.39 is 17.7 Å². The quantitative estimate of drug-likeness (QED) is 0.591. The zero-order valence-electron chi connectivity index (χ0n) is 9.52. The standard InChI is InChI=1S/C10H16F3NO2/c1-4-7(3)14-6-8(10(11,12)13)9(15)16-5-2/h6-7,14H,4-5H2,1-3H3/b8-6+. The van der Waals surface area contributed by atoms with Crippen molar-refractivity contribution in [3.05, 3.63) is 11.8 Å². The predicted octanol–water partition coefficient (Wildman–Crippen LogP) is 2.38. The van der Waals surface area contributed by atoms with Crippen molar-refractivity contribution in [3.63, 3.8) is 0 Å². The molecule has 0 saturated carbocycles. The Bertz CT molecular complexity index is 261. The van der Waals surface area contributed by atoms with Crippen LogP contribution < -0.4 is 5.32 Å². The van der Waals surface area contributed by atoms with Crippen LogP contribution in [0.1, 0.15) is 27.2 Å². The number of hydrogen-bond acceptors (Lipinski definition) is 3. The van der Waals surface area contributed by atoms with Crippen LogP contribution in [0.3, 0.4) is 0 Å². The van der Waals surface area contributed by atoms with Gasteiger partial charge in [-0.25, -0.2) is 4.79 Å². The molecule has 94 valence electrons. The van der Waals surface area contributed by atoms with Crippen molar-refractivity contribution >= 4 is 5.97 Å². The molecular weight excluding hydrogens is 223 g/mol. The van der Waals surface area contributed by atoms with E-state index >= 15 is 0 Å². The van der Waals surface area contributed by atoms with Gasteiger partial charge in [-0.15, -0.1) is 0 Å². The van der Waals surface area contributed by atoms with Crippen LogP contribution in [0.25, 0.3) is 0 Å². The number of hydrogen-bond donors (Lipinski definition) is 1. The SMILES string of the molecule is CCOC(=O)/C(=C\NC(C)CC)C(F)(F)F. The summed E-state index contributed by atoms with van der Waals surface area (Å²) in [5, 5.41) is 2.50. The van der Waals surface area contributed by atoms with E-state index in [1.165, 1.54) is 6.92 Å². The van der Waals surface area contributed by atoms with Gasteiger partial charge in [0.25, 0.3) is 0 Å². The average molecular weight is 239 g/mol. The Kier molecular flexibility index (Phi) is 5.92. The third-order valence-electron chi connectivity index (χ3n) is 1.93. The summed E-state index contributed by atoms with van der Waals surface area (Å²) >= 11 is 0. The summed E-state index contributed by atoms with van der Waals surface area (Å²) in [7, 11) is 0. The number of rotatable bonds is 5. The van der Waals surface area contributed by atoms with E-state index in [0.717, 1.165) is 0 Å². The molecule has 0 aliphatic rings. The largest absolute Gasteiger partial charge is 0.462 e. The molecule has 0 aliphatic carbocycles. The fourth-order valence-electron chi connectivity index (χ4n) is 0.809. The molecule has 0 heterocycles. The molecule has 0 bridgehead atoms. The lowest BCUT2D eigenvalue weighted by Gasteiger charge is -2.13. The Morgan fingerprint density at radius 2 is 2.00 bits per heavy atom. The summed E-state index contributed by atoms with van der Waals surface area (Å²) in [6.07, 6.45) is -3.37. The van der Waals surface area contributed by atoms with E-state index in [2.05, 4.69) is 10.1 Å². The summed E-state index contributed by atoms with van der Waals surface area (Å²) in [6, 6.07) is -0.133. The van der Waals surface area contributed by atoms with E-state index in [9.17, 15) is 18.0 Å². The van der Waals surface area contributed by atoms with Gasteiger partial charge in [0.05, 0.1) is 6.61 Å². The number of nitrogens with one attached hydrogen (secondary N) is 1. The van der Waals surface area contributed by atoms with Gasteiger partial charge in [0, 0.05) is 12.2 Å². The number of carbonyl (C=O) groups excluding carboxylic acids is 1. The lowest BCUT2D eigenvalue weighted by atomic mass is 10.2. The van der Waals surface area contributed by atoms with E-state index in [4.69, 9.17) is 0 Å². The maximum absolute atomic E-state index is 12.4. The Balaban J connectivity index is 4.74. The zero-order chi connectivity index (χ0) is 12.8. The lowest BCUT2D eigenvalue weighted by Crippen LogP contribution is -2.27. The van der Waals surface area contributed by atoms with E-state index in [1.54, 1.807) is 6.92 Å². The van der Waals surface area contributed by atoms with Crippen molar-refractivity contribution in [3.8, 4) is 0 Å². The third-order valence-corrected chi connectivity index (χ3v) is 1.93. The Morgan fingerprint density at radius 3 is 2.38 bits per heavy atom. The molecule has 0 rings (SSSR count).